The highest BCUT2D eigenvalue weighted by molar-refractivity contribution is 6.01. The molecule has 17 heavy (non-hydrogen) atoms. The van der Waals surface area contributed by atoms with Crippen LogP contribution in [0.5, 0.6) is 0 Å². The van der Waals surface area contributed by atoms with Gasteiger partial charge in [0.15, 0.2) is 0 Å². The Morgan fingerprint density at radius 2 is 2.06 bits per heavy atom. The SMILES string of the molecule is CC(CCOCCO)(C(=O)O)C(=O)NC1CC1. The van der Waals surface area contributed by atoms with E-state index in [1.54, 1.807) is 0 Å². The summed E-state index contributed by atoms with van der Waals surface area (Å²) < 4.78 is 5.01. The van der Waals surface area contributed by atoms with E-state index >= 15 is 0 Å². The third-order valence-corrected chi connectivity index (χ3v) is 2.87. The third kappa shape index (κ3) is 3.98. The number of nitrogens with one attached hydrogen (secondary N) is 1. The Kier molecular flexibility index (Phi) is 4.89. The van der Waals surface area contributed by atoms with Crippen LogP contribution in [0.2, 0.25) is 0 Å². The maximum atomic E-state index is 11.8. The molecule has 0 aromatic heterocycles. The first-order chi connectivity index (χ1) is 8.00. The number of aliphatic hydroxyl groups excluding tert-OH is 1. The highest BCUT2D eigenvalue weighted by Gasteiger charge is 2.42. The average Bonchev–Trinajstić information content (AvgIpc) is 3.07. The van der Waals surface area contributed by atoms with Crippen LogP contribution in [0, 0.1) is 5.41 Å². The van der Waals surface area contributed by atoms with Crippen molar-refractivity contribution in [3.05, 3.63) is 0 Å². The van der Waals surface area contributed by atoms with Crippen molar-refractivity contribution in [3.63, 3.8) is 0 Å². The summed E-state index contributed by atoms with van der Waals surface area (Å²) in [6.45, 7) is 1.58. The highest BCUT2D eigenvalue weighted by Crippen LogP contribution is 2.26. The molecule has 6 nitrogen and oxygen atoms in total. The van der Waals surface area contributed by atoms with Gasteiger partial charge in [-0.05, 0) is 26.2 Å². The molecule has 0 aromatic rings. The molecule has 1 fully saturated rings. The van der Waals surface area contributed by atoms with E-state index in [2.05, 4.69) is 5.32 Å². The molecule has 0 bridgehead atoms. The van der Waals surface area contributed by atoms with E-state index in [4.69, 9.17) is 14.9 Å². The minimum absolute atomic E-state index is 0.0981. The van der Waals surface area contributed by atoms with Crippen LogP contribution in [0.4, 0.5) is 0 Å². The molecule has 98 valence electrons. The fourth-order valence-electron chi connectivity index (χ4n) is 1.33. The predicted octanol–water partition coefficient (Wildman–Crippen LogP) is -0.245. The van der Waals surface area contributed by atoms with E-state index < -0.39 is 17.3 Å². The van der Waals surface area contributed by atoms with Crippen LogP contribution in [0.15, 0.2) is 0 Å². The lowest BCUT2D eigenvalue weighted by molar-refractivity contribution is -0.156. The lowest BCUT2D eigenvalue weighted by Gasteiger charge is -2.23. The number of aliphatic hydroxyl groups is 1. The quantitative estimate of drug-likeness (QED) is 0.405. The Labute approximate surface area is 100.0 Å². The summed E-state index contributed by atoms with van der Waals surface area (Å²) in [6, 6.07) is 0.138. The van der Waals surface area contributed by atoms with Gasteiger partial charge in [-0.2, -0.15) is 0 Å². The Hall–Kier alpha value is -1.14. The van der Waals surface area contributed by atoms with Gasteiger partial charge < -0.3 is 20.3 Å². The summed E-state index contributed by atoms with van der Waals surface area (Å²) in [5.74, 6) is -1.61. The lowest BCUT2D eigenvalue weighted by atomic mass is 9.86. The van der Waals surface area contributed by atoms with Crippen molar-refractivity contribution in [2.45, 2.75) is 32.2 Å². The second kappa shape index (κ2) is 5.97. The Balaban J connectivity index is 2.47. The van der Waals surface area contributed by atoms with E-state index in [0.717, 1.165) is 12.8 Å². The molecule has 0 aromatic carbocycles. The van der Waals surface area contributed by atoms with Crippen molar-refractivity contribution in [2.24, 2.45) is 5.41 Å². The topological polar surface area (TPSA) is 95.9 Å². The van der Waals surface area contributed by atoms with Gasteiger partial charge in [-0.25, -0.2) is 0 Å². The van der Waals surface area contributed by atoms with E-state index in [0.29, 0.717) is 0 Å². The van der Waals surface area contributed by atoms with Crippen LogP contribution in [-0.2, 0) is 14.3 Å². The summed E-state index contributed by atoms with van der Waals surface area (Å²) in [4.78, 5) is 23.0. The molecule has 3 N–H and O–H groups in total. The fourth-order valence-corrected chi connectivity index (χ4v) is 1.33. The molecule has 0 aliphatic heterocycles. The largest absolute Gasteiger partial charge is 0.480 e. The van der Waals surface area contributed by atoms with Crippen LogP contribution in [0.3, 0.4) is 0 Å². The molecule has 1 unspecified atom stereocenters. The van der Waals surface area contributed by atoms with Crippen LogP contribution >= 0.6 is 0 Å². The summed E-state index contributed by atoms with van der Waals surface area (Å²) in [7, 11) is 0. The van der Waals surface area contributed by atoms with Crippen molar-refractivity contribution in [3.8, 4) is 0 Å². The highest BCUT2D eigenvalue weighted by atomic mass is 16.5. The molecule has 1 saturated carbocycles. The van der Waals surface area contributed by atoms with Gasteiger partial charge in [0, 0.05) is 12.6 Å². The van der Waals surface area contributed by atoms with E-state index in [1.165, 1.54) is 6.92 Å². The summed E-state index contributed by atoms with van der Waals surface area (Å²) in [5, 5.41) is 20.3. The second-order valence-electron chi connectivity index (χ2n) is 4.47. The summed E-state index contributed by atoms with van der Waals surface area (Å²) in [6.07, 6.45) is 1.94. The Morgan fingerprint density at radius 1 is 1.41 bits per heavy atom. The second-order valence-corrected chi connectivity index (χ2v) is 4.47. The average molecular weight is 245 g/mol. The minimum Gasteiger partial charge on any atom is -0.480 e. The number of ether oxygens (including phenoxy) is 1. The molecule has 1 rings (SSSR count). The smallest absolute Gasteiger partial charge is 0.319 e. The number of rotatable bonds is 8. The third-order valence-electron chi connectivity index (χ3n) is 2.87. The molecule has 1 amide bonds. The number of carboxylic acids is 1. The first kappa shape index (κ1) is 13.9. The van der Waals surface area contributed by atoms with Gasteiger partial charge in [-0.15, -0.1) is 0 Å². The number of carbonyl (C=O) groups excluding carboxylic acids is 1. The zero-order chi connectivity index (χ0) is 12.9. The monoisotopic (exact) mass is 245 g/mol. The molecule has 1 aliphatic carbocycles. The van der Waals surface area contributed by atoms with Crippen LogP contribution in [0.1, 0.15) is 26.2 Å². The van der Waals surface area contributed by atoms with Gasteiger partial charge in [-0.1, -0.05) is 0 Å². The number of hydrogen-bond donors (Lipinski definition) is 3. The molecule has 1 aliphatic rings. The number of amides is 1. The van der Waals surface area contributed by atoms with Gasteiger partial charge >= 0.3 is 5.97 Å². The normalized spacial score (nSPS) is 18.5. The molecular formula is C11H19NO5. The molecular weight excluding hydrogens is 226 g/mol. The number of aliphatic carboxylic acids is 1. The molecule has 6 heteroatoms. The number of hydrogen-bond acceptors (Lipinski definition) is 4. The van der Waals surface area contributed by atoms with Gasteiger partial charge in [-0.3, -0.25) is 9.59 Å². The fraction of sp³-hybridized carbons (Fsp3) is 0.818. The van der Waals surface area contributed by atoms with E-state index in [1.807, 2.05) is 0 Å². The predicted molar refractivity (Wildman–Crippen MR) is 59.4 cm³/mol. The minimum atomic E-state index is -1.46. The van der Waals surface area contributed by atoms with Crippen LogP contribution < -0.4 is 5.32 Å². The lowest BCUT2D eigenvalue weighted by Crippen LogP contribution is -2.46. The first-order valence-electron chi connectivity index (χ1n) is 5.73. The number of carboxylic acid groups (broad SMARTS) is 1. The standard InChI is InChI=1S/C11H19NO5/c1-11(10(15)16,4-6-17-7-5-13)9(14)12-8-2-3-8/h8,13H,2-7H2,1H3,(H,12,14)(H,15,16). The van der Waals surface area contributed by atoms with Gasteiger partial charge in [0.2, 0.25) is 5.91 Å². The number of carbonyl (C=O) groups is 2. The van der Waals surface area contributed by atoms with Gasteiger partial charge in [0.25, 0.3) is 0 Å². The van der Waals surface area contributed by atoms with Gasteiger partial charge in [0.1, 0.15) is 5.41 Å². The first-order valence-corrected chi connectivity index (χ1v) is 5.73. The zero-order valence-electron chi connectivity index (χ0n) is 9.94. The van der Waals surface area contributed by atoms with Crippen LogP contribution in [0.25, 0.3) is 0 Å². The summed E-state index contributed by atoms with van der Waals surface area (Å²) >= 11 is 0. The van der Waals surface area contributed by atoms with Crippen molar-refractivity contribution in [2.75, 3.05) is 19.8 Å². The van der Waals surface area contributed by atoms with E-state index in [9.17, 15) is 9.59 Å². The molecule has 0 radical (unpaired) electrons. The molecule has 0 saturated heterocycles. The van der Waals surface area contributed by atoms with Gasteiger partial charge in [0.05, 0.1) is 13.2 Å². The molecule has 1 atom stereocenters. The van der Waals surface area contributed by atoms with Crippen molar-refractivity contribution < 1.29 is 24.5 Å². The van der Waals surface area contributed by atoms with Crippen molar-refractivity contribution in [1.29, 1.82) is 0 Å². The van der Waals surface area contributed by atoms with Crippen LogP contribution in [-0.4, -0.2) is 48.0 Å². The summed E-state index contributed by atoms with van der Waals surface area (Å²) in [5.41, 5.74) is -1.46. The van der Waals surface area contributed by atoms with Crippen molar-refractivity contribution in [1.82, 2.24) is 5.32 Å². The molecule has 0 spiro atoms. The zero-order valence-corrected chi connectivity index (χ0v) is 9.94. The van der Waals surface area contributed by atoms with E-state index in [-0.39, 0.29) is 32.3 Å². The maximum absolute atomic E-state index is 11.8. The maximum Gasteiger partial charge on any atom is 0.319 e. The molecule has 0 heterocycles. The van der Waals surface area contributed by atoms with Crippen molar-refractivity contribution >= 4 is 11.9 Å². The Bertz CT molecular complexity index is 290. The Morgan fingerprint density at radius 3 is 2.53 bits per heavy atom.